The number of nitrogens with zero attached hydrogens (tertiary/aromatic N) is 1. The zero-order valence-corrected chi connectivity index (χ0v) is 17.0. The molecule has 148 valence electrons. The minimum atomic E-state index is -0.134. The van der Waals surface area contributed by atoms with E-state index in [9.17, 15) is 9.59 Å². The third-order valence-electron chi connectivity index (χ3n) is 4.95. The summed E-state index contributed by atoms with van der Waals surface area (Å²) in [6.07, 6.45) is 1.45. The molecule has 0 spiro atoms. The van der Waals surface area contributed by atoms with Crippen LogP contribution in [0.15, 0.2) is 42.5 Å². The van der Waals surface area contributed by atoms with Crippen LogP contribution in [-0.4, -0.2) is 42.5 Å². The van der Waals surface area contributed by atoms with Crippen molar-refractivity contribution >= 4 is 23.4 Å². The molecule has 2 aromatic rings. The van der Waals surface area contributed by atoms with Gasteiger partial charge in [0, 0.05) is 29.7 Å². The number of amides is 2. The second-order valence-corrected chi connectivity index (χ2v) is 7.63. The van der Waals surface area contributed by atoms with E-state index in [2.05, 4.69) is 5.32 Å². The van der Waals surface area contributed by atoms with E-state index >= 15 is 0 Å². The van der Waals surface area contributed by atoms with Gasteiger partial charge in [0.25, 0.3) is 11.8 Å². The predicted molar refractivity (Wildman–Crippen MR) is 110 cm³/mol. The van der Waals surface area contributed by atoms with Crippen molar-refractivity contribution in [2.24, 2.45) is 0 Å². The maximum Gasteiger partial charge on any atom is 0.260 e. The van der Waals surface area contributed by atoms with Gasteiger partial charge in [-0.1, -0.05) is 35.4 Å². The van der Waals surface area contributed by atoms with Crippen molar-refractivity contribution in [2.45, 2.75) is 32.7 Å². The smallest absolute Gasteiger partial charge is 0.260 e. The summed E-state index contributed by atoms with van der Waals surface area (Å²) in [7, 11) is 0. The normalized spacial score (nSPS) is 14.6. The minimum absolute atomic E-state index is 0.0282. The highest BCUT2D eigenvalue weighted by atomic mass is 35.5. The Kier molecular flexibility index (Phi) is 6.57. The van der Waals surface area contributed by atoms with Crippen molar-refractivity contribution < 1.29 is 14.3 Å². The standard InChI is InChI=1S/C22H25ClN2O3/c1-15-6-7-20(16(2)12-15)28-14-21(26)25-10-8-19(9-11-25)24-22(27)17-4-3-5-18(23)13-17/h3-7,12-13,19H,8-11,14H2,1-2H3,(H,24,27). The number of benzene rings is 2. The highest BCUT2D eigenvalue weighted by Crippen LogP contribution is 2.19. The second-order valence-electron chi connectivity index (χ2n) is 7.20. The molecule has 1 heterocycles. The molecule has 28 heavy (non-hydrogen) atoms. The maximum atomic E-state index is 12.4. The molecule has 0 saturated carbocycles. The Hall–Kier alpha value is -2.53. The van der Waals surface area contributed by atoms with Crippen LogP contribution in [0.3, 0.4) is 0 Å². The Bertz CT molecular complexity index is 861. The molecular formula is C22H25ClN2O3. The van der Waals surface area contributed by atoms with Crippen LogP contribution in [0.1, 0.15) is 34.3 Å². The van der Waals surface area contributed by atoms with Crippen molar-refractivity contribution in [3.05, 3.63) is 64.2 Å². The van der Waals surface area contributed by atoms with Crippen LogP contribution >= 0.6 is 11.6 Å². The van der Waals surface area contributed by atoms with Gasteiger partial charge in [0.2, 0.25) is 0 Å². The number of carbonyl (C=O) groups is 2. The van der Waals surface area contributed by atoms with Gasteiger partial charge in [0.1, 0.15) is 5.75 Å². The molecule has 5 nitrogen and oxygen atoms in total. The Morgan fingerprint density at radius 2 is 1.89 bits per heavy atom. The van der Waals surface area contributed by atoms with Gasteiger partial charge in [-0.2, -0.15) is 0 Å². The molecule has 0 bridgehead atoms. The summed E-state index contributed by atoms with van der Waals surface area (Å²) in [6, 6.07) is 12.8. The van der Waals surface area contributed by atoms with Gasteiger partial charge >= 0.3 is 0 Å². The van der Waals surface area contributed by atoms with Crippen molar-refractivity contribution in [1.29, 1.82) is 0 Å². The summed E-state index contributed by atoms with van der Waals surface area (Å²) >= 11 is 5.94. The summed E-state index contributed by atoms with van der Waals surface area (Å²) in [5, 5.41) is 3.56. The molecule has 1 saturated heterocycles. The molecule has 2 amide bonds. The van der Waals surface area contributed by atoms with Crippen LogP contribution in [0.25, 0.3) is 0 Å². The van der Waals surface area contributed by atoms with Crippen molar-refractivity contribution in [1.82, 2.24) is 10.2 Å². The first-order chi connectivity index (χ1) is 13.4. The molecule has 0 atom stereocenters. The number of aryl methyl sites for hydroxylation is 2. The summed E-state index contributed by atoms with van der Waals surface area (Å²) in [5.41, 5.74) is 2.74. The molecule has 1 aliphatic rings. The summed E-state index contributed by atoms with van der Waals surface area (Å²) in [6.45, 7) is 5.24. The quantitative estimate of drug-likeness (QED) is 0.831. The van der Waals surface area contributed by atoms with E-state index in [1.807, 2.05) is 32.0 Å². The van der Waals surface area contributed by atoms with Crippen LogP contribution in [0.5, 0.6) is 5.75 Å². The lowest BCUT2D eigenvalue weighted by Gasteiger charge is -2.32. The maximum absolute atomic E-state index is 12.4. The van der Waals surface area contributed by atoms with E-state index in [1.54, 1.807) is 29.2 Å². The van der Waals surface area contributed by atoms with Gasteiger partial charge in [0.15, 0.2) is 6.61 Å². The van der Waals surface area contributed by atoms with Gasteiger partial charge in [-0.15, -0.1) is 0 Å². The highest BCUT2D eigenvalue weighted by Gasteiger charge is 2.24. The molecule has 0 aliphatic carbocycles. The molecular weight excluding hydrogens is 376 g/mol. The number of likely N-dealkylation sites (tertiary alicyclic amines) is 1. The fourth-order valence-electron chi connectivity index (χ4n) is 3.36. The van der Waals surface area contributed by atoms with Gasteiger partial charge < -0.3 is 15.0 Å². The van der Waals surface area contributed by atoms with E-state index < -0.39 is 0 Å². The highest BCUT2D eigenvalue weighted by molar-refractivity contribution is 6.30. The number of carbonyl (C=O) groups excluding carboxylic acids is 2. The third kappa shape index (κ3) is 5.26. The van der Waals surface area contributed by atoms with Crippen LogP contribution < -0.4 is 10.1 Å². The van der Waals surface area contributed by atoms with Gasteiger partial charge in [-0.3, -0.25) is 9.59 Å². The first kappa shape index (κ1) is 20.2. The first-order valence-electron chi connectivity index (χ1n) is 9.46. The number of halogens is 1. The van der Waals surface area contributed by atoms with Crippen LogP contribution in [0, 0.1) is 13.8 Å². The molecule has 1 aliphatic heterocycles. The summed E-state index contributed by atoms with van der Waals surface area (Å²) < 4.78 is 5.69. The summed E-state index contributed by atoms with van der Waals surface area (Å²) in [4.78, 5) is 26.6. The zero-order valence-electron chi connectivity index (χ0n) is 16.2. The zero-order chi connectivity index (χ0) is 20.1. The number of nitrogens with one attached hydrogen (secondary N) is 1. The second kappa shape index (κ2) is 9.11. The Morgan fingerprint density at radius 1 is 1.14 bits per heavy atom. The van der Waals surface area contributed by atoms with Crippen molar-refractivity contribution in [2.75, 3.05) is 19.7 Å². The predicted octanol–water partition coefficient (Wildman–Crippen LogP) is 3.76. The average Bonchev–Trinajstić information content (AvgIpc) is 2.67. The molecule has 6 heteroatoms. The Balaban J connectivity index is 1.45. The Labute approximate surface area is 170 Å². The van der Waals surface area contributed by atoms with Crippen LogP contribution in [0.4, 0.5) is 0 Å². The number of piperidine rings is 1. The van der Waals surface area contributed by atoms with Crippen LogP contribution in [-0.2, 0) is 4.79 Å². The van der Waals surface area contributed by atoms with E-state index in [-0.39, 0.29) is 24.5 Å². The molecule has 0 aromatic heterocycles. The van der Waals surface area contributed by atoms with E-state index in [0.29, 0.717) is 23.7 Å². The number of rotatable bonds is 5. The average molecular weight is 401 g/mol. The van der Waals surface area contributed by atoms with Gasteiger partial charge in [-0.25, -0.2) is 0 Å². The van der Waals surface area contributed by atoms with Gasteiger partial charge in [-0.05, 0) is 56.5 Å². The largest absolute Gasteiger partial charge is 0.484 e. The molecule has 2 aromatic carbocycles. The fraction of sp³-hybridized carbons (Fsp3) is 0.364. The molecule has 1 N–H and O–H groups in total. The lowest BCUT2D eigenvalue weighted by atomic mass is 10.0. The molecule has 3 rings (SSSR count). The topological polar surface area (TPSA) is 58.6 Å². The minimum Gasteiger partial charge on any atom is -0.484 e. The number of hydrogen-bond acceptors (Lipinski definition) is 3. The lowest BCUT2D eigenvalue weighted by molar-refractivity contribution is -0.134. The van der Waals surface area contributed by atoms with E-state index in [1.165, 1.54) is 0 Å². The van der Waals surface area contributed by atoms with E-state index in [0.717, 1.165) is 29.7 Å². The SMILES string of the molecule is Cc1ccc(OCC(=O)N2CCC(NC(=O)c3cccc(Cl)c3)CC2)c(C)c1. The monoisotopic (exact) mass is 400 g/mol. The first-order valence-corrected chi connectivity index (χ1v) is 9.84. The molecule has 0 unspecified atom stereocenters. The van der Waals surface area contributed by atoms with Gasteiger partial charge in [0.05, 0.1) is 0 Å². The van der Waals surface area contributed by atoms with Crippen molar-refractivity contribution in [3.8, 4) is 5.75 Å². The molecule has 0 radical (unpaired) electrons. The Morgan fingerprint density at radius 3 is 2.57 bits per heavy atom. The van der Waals surface area contributed by atoms with Crippen LogP contribution in [0.2, 0.25) is 5.02 Å². The lowest BCUT2D eigenvalue weighted by Crippen LogP contribution is -2.47. The third-order valence-corrected chi connectivity index (χ3v) is 5.19. The van der Waals surface area contributed by atoms with E-state index in [4.69, 9.17) is 16.3 Å². The number of hydrogen-bond donors (Lipinski definition) is 1. The summed E-state index contributed by atoms with van der Waals surface area (Å²) in [5.74, 6) is 0.577. The van der Waals surface area contributed by atoms with Crippen molar-refractivity contribution in [3.63, 3.8) is 0 Å². The molecule has 1 fully saturated rings. The number of ether oxygens (including phenoxy) is 1. The fourth-order valence-corrected chi connectivity index (χ4v) is 3.55.